The van der Waals surface area contributed by atoms with Gasteiger partial charge in [0.25, 0.3) is 10.1 Å². The van der Waals surface area contributed by atoms with E-state index in [2.05, 4.69) is 0 Å². The summed E-state index contributed by atoms with van der Waals surface area (Å²) in [7, 11) is -3.58. The fourth-order valence-corrected chi connectivity index (χ4v) is 3.48. The number of carboxylic acid groups (broad SMARTS) is 1. The minimum Gasteiger partial charge on any atom is -0.465 e. The van der Waals surface area contributed by atoms with Gasteiger partial charge in [0.1, 0.15) is 0 Å². The van der Waals surface area contributed by atoms with Gasteiger partial charge in [0, 0.05) is 5.54 Å². The smallest absolute Gasteiger partial charge is 0.408 e. The molecule has 0 aromatic rings. The second-order valence-corrected chi connectivity index (χ2v) is 8.50. The first-order valence-corrected chi connectivity index (χ1v) is 9.19. The third-order valence-electron chi connectivity index (χ3n) is 3.85. The summed E-state index contributed by atoms with van der Waals surface area (Å²) in [6.07, 6.45) is 5.07. The average molecular weight is 321 g/mol. The lowest BCUT2D eigenvalue weighted by Gasteiger charge is -2.40. The third-order valence-corrected chi connectivity index (χ3v) is 4.41. The van der Waals surface area contributed by atoms with Crippen LogP contribution in [0.1, 0.15) is 52.9 Å². The molecule has 1 amide bonds. The first-order valence-electron chi connectivity index (χ1n) is 7.37. The molecule has 1 fully saturated rings. The highest BCUT2D eigenvalue weighted by molar-refractivity contribution is 7.85. The van der Waals surface area contributed by atoms with E-state index in [9.17, 15) is 18.3 Å². The molecule has 7 heteroatoms. The van der Waals surface area contributed by atoms with E-state index in [1.54, 1.807) is 0 Å². The van der Waals surface area contributed by atoms with Crippen LogP contribution in [0.25, 0.3) is 0 Å². The van der Waals surface area contributed by atoms with Crippen molar-refractivity contribution in [2.75, 3.05) is 12.9 Å². The van der Waals surface area contributed by atoms with Crippen molar-refractivity contribution in [3.05, 3.63) is 0 Å². The predicted octanol–water partition coefficient (Wildman–Crippen LogP) is 2.69. The Balaban J connectivity index is 2.88. The summed E-state index contributed by atoms with van der Waals surface area (Å²) < 4.78 is 27.3. The Kier molecular flexibility index (Phi) is 6.04. The molecule has 0 bridgehead atoms. The van der Waals surface area contributed by atoms with Gasteiger partial charge in [0.05, 0.1) is 18.9 Å². The van der Waals surface area contributed by atoms with E-state index in [-0.39, 0.29) is 6.61 Å². The highest BCUT2D eigenvalue weighted by atomic mass is 32.2. The van der Waals surface area contributed by atoms with Gasteiger partial charge in [-0.1, -0.05) is 25.7 Å². The number of carbonyl (C=O) groups is 1. The molecule has 0 heterocycles. The van der Waals surface area contributed by atoms with Crippen LogP contribution in [0.15, 0.2) is 0 Å². The summed E-state index contributed by atoms with van der Waals surface area (Å²) in [6.45, 7) is 5.31. The molecule has 124 valence electrons. The Labute approximate surface area is 127 Å². The number of hydrogen-bond acceptors (Lipinski definition) is 4. The largest absolute Gasteiger partial charge is 0.465 e. The predicted molar refractivity (Wildman–Crippen MR) is 80.8 cm³/mol. The lowest BCUT2D eigenvalue weighted by atomic mass is 9.94. The van der Waals surface area contributed by atoms with Gasteiger partial charge < -0.3 is 5.11 Å². The standard InChI is InChI=1S/C14H27NO5S/c1-14(2,3)15(13(16)17)12(10-20-21(4,18)19)9-11-7-5-6-8-11/h11-12H,5-10H2,1-4H3,(H,16,17)/t12-/m0/s1. The van der Waals surface area contributed by atoms with Crippen LogP contribution >= 0.6 is 0 Å². The summed E-state index contributed by atoms with van der Waals surface area (Å²) in [5, 5.41) is 9.50. The first-order chi connectivity index (χ1) is 9.50. The minimum absolute atomic E-state index is 0.112. The lowest BCUT2D eigenvalue weighted by molar-refractivity contribution is 0.0429. The molecule has 1 rings (SSSR count). The van der Waals surface area contributed by atoms with Crippen LogP contribution in [0.2, 0.25) is 0 Å². The highest BCUT2D eigenvalue weighted by Gasteiger charge is 2.35. The maximum Gasteiger partial charge on any atom is 0.408 e. The van der Waals surface area contributed by atoms with E-state index in [1.807, 2.05) is 20.8 Å². The average Bonchev–Trinajstić information content (AvgIpc) is 2.75. The molecule has 21 heavy (non-hydrogen) atoms. The van der Waals surface area contributed by atoms with Gasteiger partial charge in [0.15, 0.2) is 0 Å². The van der Waals surface area contributed by atoms with Crippen molar-refractivity contribution < 1.29 is 22.5 Å². The molecule has 0 aromatic heterocycles. The molecule has 0 spiro atoms. The monoisotopic (exact) mass is 321 g/mol. The van der Waals surface area contributed by atoms with Crippen LogP contribution < -0.4 is 0 Å². The molecular formula is C14H27NO5S. The van der Waals surface area contributed by atoms with E-state index in [0.29, 0.717) is 12.3 Å². The van der Waals surface area contributed by atoms with Crippen molar-refractivity contribution in [2.45, 2.75) is 64.5 Å². The molecule has 0 aromatic carbocycles. The zero-order chi connectivity index (χ0) is 16.3. The van der Waals surface area contributed by atoms with Crippen LogP contribution in [0, 0.1) is 5.92 Å². The fraction of sp³-hybridized carbons (Fsp3) is 0.929. The summed E-state index contributed by atoms with van der Waals surface area (Å²) in [6, 6.07) is -0.444. The topological polar surface area (TPSA) is 83.9 Å². The van der Waals surface area contributed by atoms with Gasteiger partial charge in [-0.25, -0.2) is 4.79 Å². The van der Waals surface area contributed by atoms with Crippen LogP contribution in [-0.4, -0.2) is 49.0 Å². The molecule has 0 aliphatic heterocycles. The van der Waals surface area contributed by atoms with E-state index in [0.717, 1.165) is 31.9 Å². The Bertz CT molecular complexity index is 448. The molecule has 1 aliphatic rings. The van der Waals surface area contributed by atoms with Crippen LogP contribution in [0.3, 0.4) is 0 Å². The van der Waals surface area contributed by atoms with E-state index in [4.69, 9.17) is 4.18 Å². The molecule has 6 nitrogen and oxygen atoms in total. The first kappa shape index (κ1) is 18.2. The van der Waals surface area contributed by atoms with Crippen molar-refractivity contribution in [1.29, 1.82) is 0 Å². The molecule has 1 N–H and O–H groups in total. The number of amides is 1. The van der Waals surface area contributed by atoms with Gasteiger partial charge in [-0.3, -0.25) is 9.08 Å². The molecule has 0 unspecified atom stereocenters. The Morgan fingerprint density at radius 1 is 1.33 bits per heavy atom. The second kappa shape index (κ2) is 6.96. The van der Waals surface area contributed by atoms with Gasteiger partial charge in [-0.2, -0.15) is 8.42 Å². The van der Waals surface area contributed by atoms with E-state index >= 15 is 0 Å². The summed E-state index contributed by atoms with van der Waals surface area (Å²) in [5.41, 5.74) is -0.601. The summed E-state index contributed by atoms with van der Waals surface area (Å²) in [5.74, 6) is 0.447. The quantitative estimate of drug-likeness (QED) is 0.760. The zero-order valence-corrected chi connectivity index (χ0v) is 14.1. The van der Waals surface area contributed by atoms with Gasteiger partial charge in [-0.15, -0.1) is 0 Å². The normalized spacial score (nSPS) is 18.7. The number of hydrogen-bond donors (Lipinski definition) is 1. The van der Waals surface area contributed by atoms with Crippen LogP contribution in [0.4, 0.5) is 4.79 Å². The molecular weight excluding hydrogens is 294 g/mol. The molecule has 1 aliphatic carbocycles. The van der Waals surface area contributed by atoms with Gasteiger partial charge >= 0.3 is 6.09 Å². The van der Waals surface area contributed by atoms with Gasteiger partial charge in [-0.05, 0) is 33.1 Å². The molecule has 1 saturated carbocycles. The van der Waals surface area contributed by atoms with E-state index < -0.39 is 27.8 Å². The minimum atomic E-state index is -3.58. The van der Waals surface area contributed by atoms with E-state index in [1.165, 1.54) is 4.90 Å². The van der Waals surface area contributed by atoms with Crippen molar-refractivity contribution in [1.82, 2.24) is 4.90 Å². The second-order valence-electron chi connectivity index (χ2n) is 6.85. The van der Waals surface area contributed by atoms with Crippen LogP contribution in [-0.2, 0) is 14.3 Å². The highest BCUT2D eigenvalue weighted by Crippen LogP contribution is 2.32. The Morgan fingerprint density at radius 3 is 2.24 bits per heavy atom. The fourth-order valence-electron chi connectivity index (χ4n) is 3.07. The summed E-state index contributed by atoms with van der Waals surface area (Å²) >= 11 is 0. The molecule has 0 saturated heterocycles. The van der Waals surface area contributed by atoms with Crippen molar-refractivity contribution in [3.8, 4) is 0 Å². The van der Waals surface area contributed by atoms with Crippen LogP contribution in [0.5, 0.6) is 0 Å². The maximum atomic E-state index is 11.6. The lowest BCUT2D eigenvalue weighted by Crippen LogP contribution is -2.53. The summed E-state index contributed by atoms with van der Waals surface area (Å²) in [4.78, 5) is 12.9. The molecule has 1 atom stereocenters. The van der Waals surface area contributed by atoms with Crippen molar-refractivity contribution in [3.63, 3.8) is 0 Å². The SMILES string of the molecule is CC(C)(C)N(C(=O)O)[C@H](COS(C)(=O)=O)CC1CCCC1. The Morgan fingerprint density at radius 2 is 1.86 bits per heavy atom. The Hall–Kier alpha value is -0.820. The third kappa shape index (κ3) is 6.22. The van der Waals surface area contributed by atoms with Crippen molar-refractivity contribution in [2.24, 2.45) is 5.92 Å². The number of nitrogens with zero attached hydrogens (tertiary/aromatic N) is 1. The maximum absolute atomic E-state index is 11.6. The zero-order valence-electron chi connectivity index (χ0n) is 13.3. The number of rotatable bonds is 6. The molecule has 0 radical (unpaired) electrons. The van der Waals surface area contributed by atoms with Crippen molar-refractivity contribution >= 4 is 16.2 Å². The van der Waals surface area contributed by atoms with Gasteiger partial charge in [0.2, 0.25) is 0 Å².